The Hall–Kier alpha value is -1.91. The minimum Gasteiger partial charge on any atom is -0.294 e. The third-order valence-electron chi connectivity index (χ3n) is 2.12. The molecule has 5 nitrogen and oxygen atoms in total. The van der Waals surface area contributed by atoms with Gasteiger partial charge in [0, 0.05) is 16.5 Å². The second-order valence-electron chi connectivity index (χ2n) is 3.39. The molecule has 0 amide bonds. The van der Waals surface area contributed by atoms with E-state index < -0.39 is 11.6 Å². The maximum atomic E-state index is 11.6. The number of benzene rings is 1. The summed E-state index contributed by atoms with van der Waals surface area (Å²) < 4.78 is 0.861. The maximum Gasteiger partial charge on any atom is 0.373 e. The molecular formula is C13H11BrO5. The van der Waals surface area contributed by atoms with Crippen LogP contribution in [0.15, 0.2) is 28.7 Å². The van der Waals surface area contributed by atoms with Crippen molar-refractivity contribution in [2.45, 2.75) is 19.8 Å². The summed E-state index contributed by atoms with van der Waals surface area (Å²) >= 11 is 3.25. The van der Waals surface area contributed by atoms with Gasteiger partial charge in [0.1, 0.15) is 0 Å². The van der Waals surface area contributed by atoms with Crippen LogP contribution < -0.4 is 0 Å². The monoisotopic (exact) mass is 326 g/mol. The van der Waals surface area contributed by atoms with E-state index in [0.29, 0.717) is 5.56 Å². The van der Waals surface area contributed by atoms with Crippen molar-refractivity contribution in [3.05, 3.63) is 34.3 Å². The minimum atomic E-state index is -0.615. The lowest BCUT2D eigenvalue weighted by Crippen LogP contribution is -2.17. The van der Waals surface area contributed by atoms with Gasteiger partial charge in [-0.05, 0) is 12.1 Å². The molecule has 0 bridgehead atoms. The zero-order chi connectivity index (χ0) is 14.8. The Balaban J connectivity index is 0.000000982. The molecule has 0 heterocycles. The number of rotatable bonds is 5. The number of carbonyl (C=O) groups excluding carboxylic acids is 5. The van der Waals surface area contributed by atoms with Crippen molar-refractivity contribution in [1.82, 2.24) is 0 Å². The summed E-state index contributed by atoms with van der Waals surface area (Å²) in [4.78, 5) is 50.1. The highest BCUT2D eigenvalue weighted by Gasteiger charge is 2.16. The van der Waals surface area contributed by atoms with Gasteiger partial charge >= 0.3 is 6.15 Å². The Labute approximate surface area is 118 Å². The zero-order valence-corrected chi connectivity index (χ0v) is 11.7. The fourth-order valence-electron chi connectivity index (χ4n) is 1.18. The first-order valence-electron chi connectivity index (χ1n) is 5.30. The van der Waals surface area contributed by atoms with Gasteiger partial charge in [-0.3, -0.25) is 14.4 Å². The molecule has 19 heavy (non-hydrogen) atoms. The Morgan fingerprint density at radius 2 is 1.53 bits per heavy atom. The summed E-state index contributed by atoms with van der Waals surface area (Å²) in [6.07, 6.45) is 0.0563. The Morgan fingerprint density at radius 3 is 1.95 bits per heavy atom. The van der Waals surface area contributed by atoms with E-state index in [4.69, 9.17) is 9.59 Å². The molecule has 0 saturated carbocycles. The first-order valence-corrected chi connectivity index (χ1v) is 6.09. The van der Waals surface area contributed by atoms with Crippen LogP contribution in [0.5, 0.6) is 0 Å². The van der Waals surface area contributed by atoms with E-state index >= 15 is 0 Å². The maximum absolute atomic E-state index is 11.6. The first kappa shape index (κ1) is 17.1. The third kappa shape index (κ3) is 6.55. The van der Waals surface area contributed by atoms with Crippen molar-refractivity contribution in [2.24, 2.45) is 0 Å². The van der Waals surface area contributed by atoms with Crippen LogP contribution in [0, 0.1) is 0 Å². The van der Waals surface area contributed by atoms with Gasteiger partial charge in [0.25, 0.3) is 0 Å². The van der Waals surface area contributed by atoms with Gasteiger partial charge in [-0.15, -0.1) is 0 Å². The van der Waals surface area contributed by atoms with Crippen LogP contribution in [0.1, 0.15) is 30.1 Å². The molecule has 0 atom stereocenters. The van der Waals surface area contributed by atoms with E-state index in [2.05, 4.69) is 15.9 Å². The topological polar surface area (TPSA) is 85.3 Å². The predicted octanol–water partition coefficient (Wildman–Crippen LogP) is 1.99. The van der Waals surface area contributed by atoms with E-state index in [9.17, 15) is 14.4 Å². The molecule has 0 saturated heterocycles. The van der Waals surface area contributed by atoms with Crippen molar-refractivity contribution < 1.29 is 24.0 Å². The molecule has 0 aliphatic heterocycles. The van der Waals surface area contributed by atoms with Crippen molar-refractivity contribution >= 4 is 39.4 Å². The molecule has 0 aromatic heterocycles. The predicted molar refractivity (Wildman–Crippen MR) is 68.4 cm³/mol. The van der Waals surface area contributed by atoms with Gasteiger partial charge in [-0.2, -0.15) is 9.59 Å². The molecule has 0 fully saturated rings. The lowest BCUT2D eigenvalue weighted by atomic mass is 10.0. The van der Waals surface area contributed by atoms with Crippen LogP contribution >= 0.6 is 15.9 Å². The molecule has 0 N–H and O–H groups in total. The number of hydrogen-bond acceptors (Lipinski definition) is 5. The van der Waals surface area contributed by atoms with Crippen LogP contribution in [0.25, 0.3) is 0 Å². The number of carbonyl (C=O) groups is 3. The number of hydrogen-bond donors (Lipinski definition) is 0. The zero-order valence-electron chi connectivity index (χ0n) is 10.1. The van der Waals surface area contributed by atoms with Crippen LogP contribution in [0.2, 0.25) is 0 Å². The number of ketones is 3. The summed E-state index contributed by atoms with van der Waals surface area (Å²) in [5.41, 5.74) is 0.445. The van der Waals surface area contributed by atoms with Gasteiger partial charge in [0.2, 0.25) is 5.78 Å². The van der Waals surface area contributed by atoms with Gasteiger partial charge < -0.3 is 0 Å². The van der Waals surface area contributed by atoms with Gasteiger partial charge in [0.15, 0.2) is 11.6 Å². The standard InChI is InChI=1S/C12H11BrO3.CO2/c1-2-10(14)12(16)7-11(15)8-3-5-9(13)6-4-8;2-1-3/h3-6H,2,7H2,1H3;. The number of halogens is 1. The SMILES string of the molecule is CCC(=O)C(=O)CC(=O)c1ccc(Br)cc1.O=C=O. The summed E-state index contributed by atoms with van der Waals surface area (Å²) in [5.74, 6) is -1.43. The lowest BCUT2D eigenvalue weighted by Gasteiger charge is -1.99. The van der Waals surface area contributed by atoms with Crippen molar-refractivity contribution in [2.75, 3.05) is 0 Å². The van der Waals surface area contributed by atoms with E-state index in [1.807, 2.05) is 0 Å². The summed E-state index contributed by atoms with van der Waals surface area (Å²) in [6.45, 7) is 1.60. The van der Waals surface area contributed by atoms with Gasteiger partial charge in [-0.25, -0.2) is 0 Å². The average Bonchev–Trinajstić information content (AvgIpc) is 2.39. The summed E-state index contributed by atoms with van der Waals surface area (Å²) in [5, 5.41) is 0. The lowest BCUT2D eigenvalue weighted by molar-refractivity contribution is -0.191. The average molecular weight is 327 g/mol. The molecule has 0 aliphatic carbocycles. The molecule has 0 spiro atoms. The smallest absolute Gasteiger partial charge is 0.294 e. The van der Waals surface area contributed by atoms with Crippen molar-refractivity contribution in [3.8, 4) is 0 Å². The quantitative estimate of drug-likeness (QED) is 0.469. The van der Waals surface area contributed by atoms with Gasteiger partial charge in [0.05, 0.1) is 6.42 Å². The van der Waals surface area contributed by atoms with E-state index in [-0.39, 0.29) is 24.8 Å². The highest BCUT2D eigenvalue weighted by atomic mass is 79.9. The summed E-state index contributed by atoms with van der Waals surface area (Å²) in [6, 6.07) is 6.69. The van der Waals surface area contributed by atoms with Crippen molar-refractivity contribution in [3.63, 3.8) is 0 Å². The van der Waals surface area contributed by atoms with Crippen LogP contribution in [0.4, 0.5) is 0 Å². The van der Waals surface area contributed by atoms with Crippen LogP contribution in [-0.2, 0) is 19.2 Å². The highest BCUT2D eigenvalue weighted by molar-refractivity contribution is 9.10. The molecule has 0 aliphatic rings. The molecule has 1 rings (SSSR count). The van der Waals surface area contributed by atoms with Crippen molar-refractivity contribution in [1.29, 1.82) is 0 Å². The van der Waals surface area contributed by atoms with E-state index in [1.54, 1.807) is 31.2 Å². The third-order valence-corrected chi connectivity index (χ3v) is 2.65. The van der Waals surface area contributed by atoms with Crippen LogP contribution in [0.3, 0.4) is 0 Å². The second kappa shape index (κ2) is 9.08. The largest absolute Gasteiger partial charge is 0.373 e. The van der Waals surface area contributed by atoms with Crippen LogP contribution in [-0.4, -0.2) is 23.5 Å². The number of Topliss-reactive ketones (excluding diaryl/α,β-unsaturated/α-hetero) is 3. The Bertz CT molecular complexity index is 498. The molecule has 1 aromatic carbocycles. The molecule has 0 radical (unpaired) electrons. The molecule has 0 unspecified atom stereocenters. The van der Waals surface area contributed by atoms with E-state index in [0.717, 1.165) is 4.47 Å². The fourth-order valence-corrected chi connectivity index (χ4v) is 1.44. The Kier molecular flexibility index (Phi) is 8.17. The summed E-state index contributed by atoms with van der Waals surface area (Å²) in [7, 11) is 0. The molecule has 1 aromatic rings. The molecule has 100 valence electrons. The Morgan fingerprint density at radius 1 is 1.05 bits per heavy atom. The normalized spacial score (nSPS) is 8.74. The molecule has 6 heteroatoms. The second-order valence-corrected chi connectivity index (χ2v) is 4.31. The minimum absolute atomic E-state index is 0.145. The molecular weight excluding hydrogens is 316 g/mol. The highest BCUT2D eigenvalue weighted by Crippen LogP contribution is 2.12. The van der Waals surface area contributed by atoms with E-state index in [1.165, 1.54) is 0 Å². The first-order chi connectivity index (χ1) is 8.96. The fraction of sp³-hybridized carbons (Fsp3) is 0.231. The van der Waals surface area contributed by atoms with Gasteiger partial charge in [-0.1, -0.05) is 35.0 Å².